The molecule has 3 heterocycles. The molecule has 2 aromatic rings. The molecule has 2 aromatic carbocycles. The van der Waals surface area contributed by atoms with Crippen molar-refractivity contribution in [2.75, 3.05) is 26.7 Å². The summed E-state index contributed by atoms with van der Waals surface area (Å²) in [6, 6.07) is 10.3. The molecular formula is C25H23N5O4. The minimum absolute atomic E-state index is 0.0782. The van der Waals surface area contributed by atoms with E-state index in [9.17, 15) is 14.4 Å². The first-order valence-electron chi connectivity index (χ1n) is 10.9. The van der Waals surface area contributed by atoms with Gasteiger partial charge in [-0.3, -0.25) is 19.9 Å². The minimum atomic E-state index is -1.55. The Morgan fingerprint density at radius 3 is 2.68 bits per heavy atom. The number of hydrogen-bond donors (Lipinski definition) is 3. The van der Waals surface area contributed by atoms with Gasteiger partial charge in [0.1, 0.15) is 11.6 Å². The van der Waals surface area contributed by atoms with Crippen LogP contribution in [0.4, 0.5) is 4.79 Å². The average Bonchev–Trinajstić information content (AvgIpc) is 3.52. The molecule has 0 spiro atoms. The van der Waals surface area contributed by atoms with E-state index in [1.54, 1.807) is 12.1 Å². The molecule has 0 aliphatic carbocycles. The van der Waals surface area contributed by atoms with Gasteiger partial charge in [-0.1, -0.05) is 17.9 Å². The summed E-state index contributed by atoms with van der Waals surface area (Å²) in [5.74, 6) is 6.58. The molecule has 3 N–H and O–H groups in total. The molecule has 172 valence electrons. The summed E-state index contributed by atoms with van der Waals surface area (Å²) >= 11 is 0. The number of benzene rings is 2. The lowest BCUT2D eigenvalue weighted by Gasteiger charge is -2.26. The van der Waals surface area contributed by atoms with E-state index in [1.165, 1.54) is 12.0 Å². The zero-order valence-electron chi connectivity index (χ0n) is 18.8. The standard InChI is InChI=1S/C25H23N5O4/c1-15-11-16(3-6-19(15)21-26-9-10-27-21)7-8-25(23(32)28-24(33)29-25)14-30-13-17-4-5-18(34-2)12-20(17)22(30)31/h3-6,11-12H,9-10,13-14H2,1-2H3,(H,26,27)(H2,28,29,32,33). The van der Waals surface area contributed by atoms with E-state index in [2.05, 4.69) is 32.8 Å². The Hall–Kier alpha value is -4.32. The molecule has 4 amide bonds. The van der Waals surface area contributed by atoms with Gasteiger partial charge < -0.3 is 20.3 Å². The van der Waals surface area contributed by atoms with E-state index < -0.39 is 17.5 Å². The topological polar surface area (TPSA) is 112 Å². The summed E-state index contributed by atoms with van der Waals surface area (Å²) in [6.45, 7) is 3.77. The second-order valence-electron chi connectivity index (χ2n) is 8.43. The van der Waals surface area contributed by atoms with Gasteiger partial charge >= 0.3 is 6.03 Å². The van der Waals surface area contributed by atoms with Gasteiger partial charge in [-0.2, -0.15) is 0 Å². The molecule has 0 radical (unpaired) electrons. The van der Waals surface area contributed by atoms with Gasteiger partial charge in [-0.15, -0.1) is 0 Å². The number of nitrogens with zero attached hydrogens (tertiary/aromatic N) is 2. The summed E-state index contributed by atoms with van der Waals surface area (Å²) in [4.78, 5) is 43.8. The molecule has 1 unspecified atom stereocenters. The molecule has 1 atom stereocenters. The normalized spacial score (nSPS) is 20.7. The molecule has 5 rings (SSSR count). The van der Waals surface area contributed by atoms with Crippen molar-refractivity contribution in [3.8, 4) is 17.6 Å². The lowest BCUT2D eigenvalue weighted by atomic mass is 9.98. The predicted octanol–water partition coefficient (Wildman–Crippen LogP) is 0.939. The summed E-state index contributed by atoms with van der Waals surface area (Å²) in [5, 5.41) is 8.14. The van der Waals surface area contributed by atoms with Gasteiger partial charge in [0.05, 0.1) is 20.2 Å². The van der Waals surface area contributed by atoms with Crippen molar-refractivity contribution in [1.29, 1.82) is 0 Å². The van der Waals surface area contributed by atoms with Crippen molar-refractivity contribution < 1.29 is 19.1 Å². The van der Waals surface area contributed by atoms with Gasteiger partial charge in [0.15, 0.2) is 0 Å². The van der Waals surface area contributed by atoms with Crippen LogP contribution in [0, 0.1) is 18.8 Å². The molecule has 3 aliphatic heterocycles. The van der Waals surface area contributed by atoms with Crippen molar-refractivity contribution in [1.82, 2.24) is 20.9 Å². The monoisotopic (exact) mass is 457 g/mol. The number of ether oxygens (including phenoxy) is 1. The largest absolute Gasteiger partial charge is 0.497 e. The predicted molar refractivity (Wildman–Crippen MR) is 125 cm³/mol. The molecule has 0 bridgehead atoms. The number of imide groups is 1. The number of carbonyl (C=O) groups excluding carboxylic acids is 3. The van der Waals surface area contributed by atoms with E-state index >= 15 is 0 Å². The van der Waals surface area contributed by atoms with E-state index in [0.29, 0.717) is 23.4 Å². The van der Waals surface area contributed by atoms with Crippen molar-refractivity contribution in [2.24, 2.45) is 4.99 Å². The Morgan fingerprint density at radius 1 is 1.15 bits per heavy atom. The Balaban J connectivity index is 1.43. The van der Waals surface area contributed by atoms with Crippen molar-refractivity contribution >= 4 is 23.7 Å². The Morgan fingerprint density at radius 2 is 2.00 bits per heavy atom. The molecule has 1 saturated heterocycles. The minimum Gasteiger partial charge on any atom is -0.497 e. The summed E-state index contributed by atoms with van der Waals surface area (Å²) in [6.07, 6.45) is 0. The Kier molecular flexibility index (Phi) is 5.21. The molecule has 1 fully saturated rings. The highest BCUT2D eigenvalue weighted by Crippen LogP contribution is 2.28. The number of carbonyl (C=O) groups is 3. The van der Waals surface area contributed by atoms with E-state index in [1.807, 2.05) is 31.2 Å². The van der Waals surface area contributed by atoms with Crippen LogP contribution in [0.1, 0.15) is 32.6 Å². The number of amides is 4. The lowest BCUT2D eigenvalue weighted by molar-refractivity contribution is -0.122. The molecule has 34 heavy (non-hydrogen) atoms. The first-order chi connectivity index (χ1) is 16.4. The van der Waals surface area contributed by atoms with Gasteiger partial charge in [0, 0.05) is 29.8 Å². The number of amidine groups is 1. The second kappa shape index (κ2) is 8.23. The second-order valence-corrected chi connectivity index (χ2v) is 8.43. The van der Waals surface area contributed by atoms with Crippen LogP contribution in [-0.4, -0.2) is 60.9 Å². The number of aliphatic imine (C=N–C) groups is 1. The van der Waals surface area contributed by atoms with E-state index in [4.69, 9.17) is 4.74 Å². The molecular weight excluding hydrogens is 434 g/mol. The maximum Gasteiger partial charge on any atom is 0.323 e. The lowest BCUT2D eigenvalue weighted by Crippen LogP contribution is -2.54. The maximum absolute atomic E-state index is 13.0. The number of aryl methyl sites for hydroxylation is 1. The summed E-state index contributed by atoms with van der Waals surface area (Å²) < 4.78 is 5.22. The van der Waals surface area contributed by atoms with E-state index in [-0.39, 0.29) is 12.5 Å². The van der Waals surface area contributed by atoms with Gasteiger partial charge in [-0.25, -0.2) is 4.79 Å². The van der Waals surface area contributed by atoms with Crippen LogP contribution >= 0.6 is 0 Å². The maximum atomic E-state index is 13.0. The van der Waals surface area contributed by atoms with Crippen LogP contribution in [-0.2, 0) is 11.3 Å². The van der Waals surface area contributed by atoms with Gasteiger partial charge in [-0.05, 0) is 48.4 Å². The van der Waals surface area contributed by atoms with Crippen LogP contribution in [0.25, 0.3) is 0 Å². The number of fused-ring (bicyclic) bond motifs is 1. The fourth-order valence-electron chi connectivity index (χ4n) is 4.38. The Bertz CT molecular complexity index is 1320. The highest BCUT2D eigenvalue weighted by molar-refractivity contribution is 6.10. The van der Waals surface area contributed by atoms with Gasteiger partial charge in [0.2, 0.25) is 5.54 Å². The smallest absolute Gasteiger partial charge is 0.323 e. The van der Waals surface area contributed by atoms with Crippen molar-refractivity contribution in [3.63, 3.8) is 0 Å². The van der Waals surface area contributed by atoms with Crippen molar-refractivity contribution in [2.45, 2.75) is 19.0 Å². The molecule has 0 aromatic heterocycles. The van der Waals surface area contributed by atoms with Crippen LogP contribution in [0.3, 0.4) is 0 Å². The number of rotatable bonds is 4. The summed E-state index contributed by atoms with van der Waals surface area (Å²) in [5.41, 5.74) is 2.47. The van der Waals surface area contributed by atoms with Crippen LogP contribution in [0.2, 0.25) is 0 Å². The summed E-state index contributed by atoms with van der Waals surface area (Å²) in [7, 11) is 1.54. The average molecular weight is 457 g/mol. The van der Waals surface area contributed by atoms with E-state index in [0.717, 1.165) is 35.6 Å². The number of methoxy groups -OCH3 is 1. The number of urea groups is 1. The quantitative estimate of drug-likeness (QED) is 0.467. The number of hydrogen-bond acceptors (Lipinski definition) is 6. The van der Waals surface area contributed by atoms with Crippen LogP contribution < -0.4 is 20.7 Å². The Labute approximate surface area is 196 Å². The zero-order chi connectivity index (χ0) is 23.9. The highest BCUT2D eigenvalue weighted by atomic mass is 16.5. The zero-order valence-corrected chi connectivity index (χ0v) is 18.8. The first-order valence-corrected chi connectivity index (χ1v) is 10.9. The SMILES string of the molecule is COc1ccc2c(c1)C(=O)N(CC1(C#Cc3ccc(C4=NCCN4)c(C)c3)NC(=O)NC1=O)C2. The van der Waals surface area contributed by atoms with Crippen LogP contribution in [0.5, 0.6) is 5.75 Å². The fourth-order valence-corrected chi connectivity index (χ4v) is 4.38. The molecule has 9 heteroatoms. The molecule has 3 aliphatic rings. The number of nitrogens with one attached hydrogen (secondary N) is 3. The molecule has 9 nitrogen and oxygen atoms in total. The fraction of sp³-hybridized carbons (Fsp3) is 0.280. The third kappa shape index (κ3) is 3.73. The third-order valence-electron chi connectivity index (χ3n) is 6.14. The highest BCUT2D eigenvalue weighted by Gasteiger charge is 2.48. The third-order valence-corrected chi connectivity index (χ3v) is 6.14. The van der Waals surface area contributed by atoms with Crippen LogP contribution in [0.15, 0.2) is 41.4 Å². The van der Waals surface area contributed by atoms with Crippen molar-refractivity contribution in [3.05, 3.63) is 64.2 Å². The first kappa shape index (κ1) is 21.5. The van der Waals surface area contributed by atoms with Gasteiger partial charge in [0.25, 0.3) is 11.8 Å². The molecule has 0 saturated carbocycles.